The Morgan fingerprint density at radius 2 is 1.94 bits per heavy atom. The maximum atomic E-state index is 11.9. The summed E-state index contributed by atoms with van der Waals surface area (Å²) in [7, 11) is 0. The number of halogens is 2. The fraction of sp³-hybridized carbons (Fsp3) is 0.308. The van der Waals surface area contributed by atoms with E-state index in [1.54, 1.807) is 10.9 Å². The molecule has 0 fully saturated rings. The number of nitrogens with zero attached hydrogens (tertiary/aromatic N) is 2. The van der Waals surface area contributed by atoms with Gasteiger partial charge in [-0.1, -0.05) is 30.3 Å². The molecule has 0 spiro atoms. The topological polar surface area (TPSA) is 29.9 Å². The van der Waals surface area contributed by atoms with Crippen LogP contribution in [0.5, 0.6) is 0 Å². The van der Waals surface area contributed by atoms with Crippen molar-refractivity contribution in [3.05, 3.63) is 53.9 Å². The van der Waals surface area contributed by atoms with E-state index in [1.807, 2.05) is 36.5 Å². The predicted octanol–water partition coefficient (Wildman–Crippen LogP) is 2.29. The van der Waals surface area contributed by atoms with Crippen molar-refractivity contribution in [1.82, 2.24) is 15.1 Å². The lowest BCUT2D eigenvalue weighted by atomic mass is 10.2. The molecule has 1 heterocycles. The van der Waals surface area contributed by atoms with Gasteiger partial charge in [0, 0.05) is 18.3 Å². The largest absolute Gasteiger partial charge is 0.307 e. The van der Waals surface area contributed by atoms with Crippen molar-refractivity contribution >= 4 is 0 Å². The van der Waals surface area contributed by atoms with Crippen molar-refractivity contribution < 1.29 is 8.78 Å². The molecule has 18 heavy (non-hydrogen) atoms. The molecule has 96 valence electrons. The molecule has 0 aliphatic carbocycles. The fourth-order valence-corrected chi connectivity index (χ4v) is 1.68. The van der Waals surface area contributed by atoms with Gasteiger partial charge in [0.1, 0.15) is 0 Å². The van der Waals surface area contributed by atoms with E-state index in [1.165, 1.54) is 0 Å². The summed E-state index contributed by atoms with van der Waals surface area (Å²) in [5, 5.41) is 6.87. The van der Waals surface area contributed by atoms with Crippen molar-refractivity contribution in [3.8, 4) is 0 Å². The first kappa shape index (κ1) is 12.7. The van der Waals surface area contributed by atoms with E-state index in [4.69, 9.17) is 0 Å². The molecule has 0 amide bonds. The van der Waals surface area contributed by atoms with Gasteiger partial charge in [0.15, 0.2) is 0 Å². The third-order valence-electron chi connectivity index (χ3n) is 2.50. The van der Waals surface area contributed by atoms with E-state index in [0.29, 0.717) is 13.1 Å². The summed E-state index contributed by atoms with van der Waals surface area (Å²) < 4.78 is 25.7. The Kier molecular flexibility index (Phi) is 4.41. The van der Waals surface area contributed by atoms with E-state index in [-0.39, 0.29) is 6.54 Å². The van der Waals surface area contributed by atoms with Crippen LogP contribution in [0.3, 0.4) is 0 Å². The van der Waals surface area contributed by atoms with Crippen LogP contribution in [-0.2, 0) is 13.1 Å². The maximum absolute atomic E-state index is 11.9. The number of hydrogen-bond donors (Lipinski definition) is 1. The lowest BCUT2D eigenvalue weighted by Gasteiger charge is -2.02. The van der Waals surface area contributed by atoms with Crippen molar-refractivity contribution in [2.45, 2.75) is 19.5 Å². The van der Waals surface area contributed by atoms with Crippen LogP contribution in [0.15, 0.2) is 42.7 Å². The molecule has 2 aromatic rings. The van der Waals surface area contributed by atoms with Crippen LogP contribution in [-0.4, -0.2) is 22.8 Å². The number of aromatic nitrogens is 2. The number of benzene rings is 1. The van der Waals surface area contributed by atoms with E-state index in [9.17, 15) is 8.78 Å². The Hall–Kier alpha value is -1.75. The summed E-state index contributed by atoms with van der Waals surface area (Å²) in [6, 6.07) is 9.97. The highest BCUT2D eigenvalue weighted by atomic mass is 19.3. The van der Waals surface area contributed by atoms with Crippen LogP contribution in [0.2, 0.25) is 0 Å². The number of nitrogens with one attached hydrogen (secondary N) is 1. The molecule has 1 aromatic heterocycles. The minimum Gasteiger partial charge on any atom is -0.307 e. The molecule has 0 aliphatic heterocycles. The van der Waals surface area contributed by atoms with Crippen LogP contribution >= 0.6 is 0 Å². The number of rotatable bonds is 6. The molecular formula is C13H15F2N3. The first-order chi connectivity index (χ1) is 8.74. The molecule has 1 aromatic carbocycles. The van der Waals surface area contributed by atoms with E-state index in [0.717, 1.165) is 11.1 Å². The van der Waals surface area contributed by atoms with Gasteiger partial charge in [-0.2, -0.15) is 5.10 Å². The van der Waals surface area contributed by atoms with Crippen molar-refractivity contribution in [2.24, 2.45) is 0 Å². The molecule has 0 saturated heterocycles. The summed E-state index contributed by atoms with van der Waals surface area (Å²) in [4.78, 5) is 0. The van der Waals surface area contributed by atoms with Gasteiger partial charge in [-0.3, -0.25) is 4.68 Å². The SMILES string of the molecule is FC(F)CNCc1cnn(Cc2ccccc2)c1. The zero-order valence-corrected chi connectivity index (χ0v) is 9.89. The van der Waals surface area contributed by atoms with E-state index >= 15 is 0 Å². The third kappa shape index (κ3) is 3.92. The molecule has 0 bridgehead atoms. The summed E-state index contributed by atoms with van der Waals surface area (Å²) >= 11 is 0. The van der Waals surface area contributed by atoms with Gasteiger partial charge in [0.2, 0.25) is 0 Å². The van der Waals surface area contributed by atoms with Crippen LogP contribution in [0.25, 0.3) is 0 Å². The van der Waals surface area contributed by atoms with Crippen LogP contribution in [0.1, 0.15) is 11.1 Å². The second-order valence-corrected chi connectivity index (χ2v) is 4.05. The Morgan fingerprint density at radius 1 is 1.17 bits per heavy atom. The maximum Gasteiger partial charge on any atom is 0.250 e. The van der Waals surface area contributed by atoms with Crippen molar-refractivity contribution in [3.63, 3.8) is 0 Å². The third-order valence-corrected chi connectivity index (χ3v) is 2.50. The highest BCUT2D eigenvalue weighted by molar-refractivity contribution is 5.15. The highest BCUT2D eigenvalue weighted by Crippen LogP contribution is 2.04. The summed E-state index contributed by atoms with van der Waals surface area (Å²) in [5.41, 5.74) is 2.07. The molecule has 0 aliphatic rings. The predicted molar refractivity (Wildman–Crippen MR) is 65.5 cm³/mol. The van der Waals surface area contributed by atoms with Gasteiger partial charge in [0.05, 0.1) is 19.3 Å². The highest BCUT2D eigenvalue weighted by Gasteiger charge is 2.03. The zero-order valence-electron chi connectivity index (χ0n) is 9.89. The fourth-order valence-electron chi connectivity index (χ4n) is 1.68. The average molecular weight is 251 g/mol. The second kappa shape index (κ2) is 6.26. The van der Waals surface area contributed by atoms with Crippen LogP contribution in [0, 0.1) is 0 Å². The molecule has 2 rings (SSSR count). The molecule has 1 N–H and O–H groups in total. The first-order valence-corrected chi connectivity index (χ1v) is 5.78. The molecule has 0 atom stereocenters. The summed E-state index contributed by atoms with van der Waals surface area (Å²) in [6.07, 6.45) is 1.25. The van der Waals surface area contributed by atoms with Crippen molar-refractivity contribution in [2.75, 3.05) is 6.54 Å². The van der Waals surface area contributed by atoms with Gasteiger partial charge in [-0.15, -0.1) is 0 Å². The Morgan fingerprint density at radius 3 is 2.67 bits per heavy atom. The van der Waals surface area contributed by atoms with Crippen LogP contribution in [0.4, 0.5) is 8.78 Å². The lowest BCUT2D eigenvalue weighted by molar-refractivity contribution is 0.145. The van der Waals surface area contributed by atoms with Crippen molar-refractivity contribution in [1.29, 1.82) is 0 Å². The monoisotopic (exact) mass is 251 g/mol. The summed E-state index contributed by atoms with van der Waals surface area (Å²) in [6.45, 7) is 0.818. The number of hydrogen-bond acceptors (Lipinski definition) is 2. The molecular weight excluding hydrogens is 236 g/mol. The summed E-state index contributed by atoms with van der Waals surface area (Å²) in [5.74, 6) is 0. The second-order valence-electron chi connectivity index (χ2n) is 4.05. The van der Waals surface area contributed by atoms with Gasteiger partial charge in [0.25, 0.3) is 6.43 Å². The molecule has 0 unspecified atom stereocenters. The van der Waals surface area contributed by atoms with Crippen LogP contribution < -0.4 is 5.32 Å². The van der Waals surface area contributed by atoms with E-state index < -0.39 is 6.43 Å². The minimum atomic E-state index is -2.32. The van der Waals surface area contributed by atoms with Gasteiger partial charge in [-0.05, 0) is 5.56 Å². The Balaban J connectivity index is 1.86. The lowest BCUT2D eigenvalue weighted by Crippen LogP contribution is -2.20. The Bertz CT molecular complexity index is 468. The van der Waals surface area contributed by atoms with Gasteiger partial charge < -0.3 is 5.32 Å². The normalized spacial score (nSPS) is 11.1. The zero-order chi connectivity index (χ0) is 12.8. The number of alkyl halides is 2. The average Bonchev–Trinajstić information content (AvgIpc) is 2.78. The molecule has 3 nitrogen and oxygen atoms in total. The Labute approximate surface area is 104 Å². The van der Waals surface area contributed by atoms with Gasteiger partial charge in [-0.25, -0.2) is 8.78 Å². The smallest absolute Gasteiger partial charge is 0.250 e. The molecule has 0 saturated carbocycles. The van der Waals surface area contributed by atoms with Gasteiger partial charge >= 0.3 is 0 Å². The molecule has 5 heteroatoms. The standard InChI is InChI=1S/C13H15F2N3/c14-13(15)8-16-6-12-7-17-18(10-12)9-11-4-2-1-3-5-11/h1-5,7,10,13,16H,6,8-9H2. The molecule has 0 radical (unpaired) electrons. The van der Waals surface area contributed by atoms with E-state index in [2.05, 4.69) is 10.4 Å². The quantitative estimate of drug-likeness (QED) is 0.853. The first-order valence-electron chi connectivity index (χ1n) is 5.78. The minimum absolute atomic E-state index is 0.288.